The van der Waals surface area contributed by atoms with Gasteiger partial charge in [-0.15, -0.1) is 11.3 Å². The third kappa shape index (κ3) is 3.38. The largest absolute Gasteiger partial charge is 0.369 e. The maximum absolute atomic E-state index is 12.5. The van der Waals surface area contributed by atoms with E-state index in [2.05, 4.69) is 4.98 Å². The van der Waals surface area contributed by atoms with Crippen molar-refractivity contribution in [2.45, 2.75) is 12.8 Å². The summed E-state index contributed by atoms with van der Waals surface area (Å²) in [5.74, 6) is -0.526. The monoisotopic (exact) mass is 349 g/mol. The molecule has 2 amide bonds. The minimum atomic E-state index is -0.285. The molecule has 0 saturated carbocycles. The number of thiazole rings is 1. The fourth-order valence-corrected chi connectivity index (χ4v) is 3.77. The molecule has 0 bridgehead atoms. The molecule has 23 heavy (non-hydrogen) atoms. The van der Waals surface area contributed by atoms with Crippen LogP contribution in [0.4, 0.5) is 0 Å². The van der Waals surface area contributed by atoms with Crippen LogP contribution in [0.25, 0.3) is 10.6 Å². The summed E-state index contributed by atoms with van der Waals surface area (Å²) in [5.41, 5.74) is 6.56. The lowest BCUT2D eigenvalue weighted by atomic mass is 9.96. The lowest BCUT2D eigenvalue weighted by molar-refractivity contribution is -0.123. The van der Waals surface area contributed by atoms with Gasteiger partial charge >= 0.3 is 0 Å². The average molecular weight is 350 g/mol. The van der Waals surface area contributed by atoms with Crippen molar-refractivity contribution >= 4 is 34.8 Å². The molecule has 0 aliphatic carbocycles. The normalized spacial score (nSPS) is 15.6. The molecule has 2 aromatic rings. The summed E-state index contributed by atoms with van der Waals surface area (Å²) in [5, 5.41) is 3.09. The van der Waals surface area contributed by atoms with E-state index in [0.717, 1.165) is 10.6 Å². The third-order valence-electron chi connectivity index (χ3n) is 4.01. The summed E-state index contributed by atoms with van der Waals surface area (Å²) < 4.78 is 0. The average Bonchev–Trinajstić information content (AvgIpc) is 3.04. The second-order valence-electron chi connectivity index (χ2n) is 5.49. The number of piperidine rings is 1. The first-order chi connectivity index (χ1) is 11.1. The Hall–Kier alpha value is -1.92. The molecule has 1 aromatic carbocycles. The van der Waals surface area contributed by atoms with Crippen molar-refractivity contribution in [1.29, 1.82) is 0 Å². The Labute approximate surface area is 143 Å². The van der Waals surface area contributed by atoms with Crippen molar-refractivity contribution in [2.24, 2.45) is 11.7 Å². The van der Waals surface area contributed by atoms with Crippen LogP contribution in [0.15, 0.2) is 29.6 Å². The molecule has 1 aromatic heterocycles. The Kier molecular flexibility index (Phi) is 4.63. The summed E-state index contributed by atoms with van der Waals surface area (Å²) in [4.78, 5) is 29.9. The highest BCUT2D eigenvalue weighted by atomic mass is 35.5. The molecule has 1 fully saturated rings. The molecule has 120 valence electrons. The molecular formula is C16H16ClN3O2S. The summed E-state index contributed by atoms with van der Waals surface area (Å²) in [6.07, 6.45) is 1.23. The maximum atomic E-state index is 12.5. The van der Waals surface area contributed by atoms with Gasteiger partial charge in [0.2, 0.25) is 5.91 Å². The van der Waals surface area contributed by atoms with Crippen LogP contribution >= 0.6 is 22.9 Å². The molecule has 1 aliphatic rings. The van der Waals surface area contributed by atoms with Gasteiger partial charge in [-0.05, 0) is 18.9 Å². The summed E-state index contributed by atoms with van der Waals surface area (Å²) >= 11 is 7.57. The van der Waals surface area contributed by atoms with Crippen LogP contribution in [-0.2, 0) is 4.79 Å². The predicted octanol–water partition coefficient (Wildman–Crippen LogP) is 2.80. The van der Waals surface area contributed by atoms with E-state index in [4.69, 9.17) is 17.3 Å². The number of aromatic nitrogens is 1. The maximum Gasteiger partial charge on any atom is 0.273 e. The van der Waals surface area contributed by atoms with Gasteiger partial charge in [-0.2, -0.15) is 0 Å². The number of hydrogen-bond donors (Lipinski definition) is 1. The van der Waals surface area contributed by atoms with Crippen molar-refractivity contribution < 1.29 is 9.59 Å². The van der Waals surface area contributed by atoms with Crippen LogP contribution in [-0.4, -0.2) is 34.8 Å². The molecule has 1 aliphatic heterocycles. The number of likely N-dealkylation sites (tertiary alicyclic amines) is 1. The smallest absolute Gasteiger partial charge is 0.273 e. The first-order valence-electron chi connectivity index (χ1n) is 7.35. The number of nitrogens with two attached hydrogens (primary N) is 1. The summed E-state index contributed by atoms with van der Waals surface area (Å²) in [6, 6.07) is 7.43. The summed E-state index contributed by atoms with van der Waals surface area (Å²) in [7, 11) is 0. The van der Waals surface area contributed by atoms with Gasteiger partial charge in [-0.3, -0.25) is 9.59 Å². The van der Waals surface area contributed by atoms with Gasteiger partial charge in [0.25, 0.3) is 5.91 Å². The molecule has 0 atom stereocenters. The minimum Gasteiger partial charge on any atom is -0.369 e. The Balaban J connectivity index is 1.72. The lowest BCUT2D eigenvalue weighted by Gasteiger charge is -2.30. The lowest BCUT2D eigenvalue weighted by Crippen LogP contribution is -2.41. The van der Waals surface area contributed by atoms with E-state index >= 15 is 0 Å². The van der Waals surface area contributed by atoms with Gasteiger partial charge in [-0.1, -0.05) is 29.8 Å². The molecule has 1 saturated heterocycles. The van der Waals surface area contributed by atoms with E-state index in [0.29, 0.717) is 36.6 Å². The van der Waals surface area contributed by atoms with Crippen molar-refractivity contribution in [3.8, 4) is 10.6 Å². The Morgan fingerprint density at radius 1 is 1.26 bits per heavy atom. The number of carbonyl (C=O) groups is 2. The molecule has 5 nitrogen and oxygen atoms in total. The molecule has 2 heterocycles. The van der Waals surface area contributed by atoms with Crippen molar-refractivity contribution in [1.82, 2.24) is 9.88 Å². The Morgan fingerprint density at radius 3 is 2.61 bits per heavy atom. The fourth-order valence-electron chi connectivity index (χ4n) is 2.66. The first-order valence-corrected chi connectivity index (χ1v) is 8.61. The molecule has 0 unspecified atom stereocenters. The van der Waals surface area contributed by atoms with Crippen molar-refractivity contribution in [3.63, 3.8) is 0 Å². The van der Waals surface area contributed by atoms with Gasteiger partial charge in [0.15, 0.2) is 0 Å². The van der Waals surface area contributed by atoms with Gasteiger partial charge < -0.3 is 10.6 Å². The van der Waals surface area contributed by atoms with E-state index in [1.165, 1.54) is 11.3 Å². The number of nitrogens with zero attached hydrogens (tertiary/aromatic N) is 2. The Morgan fingerprint density at radius 2 is 1.96 bits per heavy atom. The molecular weight excluding hydrogens is 334 g/mol. The third-order valence-corrected chi connectivity index (χ3v) is 5.22. The molecule has 0 spiro atoms. The van der Waals surface area contributed by atoms with Crippen LogP contribution in [0.2, 0.25) is 5.02 Å². The number of rotatable bonds is 3. The number of halogens is 1. The van der Waals surface area contributed by atoms with Crippen LogP contribution in [0.1, 0.15) is 23.3 Å². The molecule has 7 heteroatoms. The zero-order valence-corrected chi connectivity index (χ0v) is 13.9. The van der Waals surface area contributed by atoms with Gasteiger partial charge in [0, 0.05) is 30.0 Å². The van der Waals surface area contributed by atoms with Crippen LogP contribution < -0.4 is 5.73 Å². The number of amides is 2. The quantitative estimate of drug-likeness (QED) is 0.925. The highest BCUT2D eigenvalue weighted by molar-refractivity contribution is 7.13. The predicted molar refractivity (Wildman–Crippen MR) is 90.4 cm³/mol. The van der Waals surface area contributed by atoms with Crippen LogP contribution in [0.5, 0.6) is 0 Å². The molecule has 0 radical (unpaired) electrons. The zero-order chi connectivity index (χ0) is 16.4. The zero-order valence-electron chi connectivity index (χ0n) is 12.4. The minimum absolute atomic E-state index is 0.109. The number of carbonyl (C=O) groups excluding carboxylic acids is 2. The SMILES string of the molecule is NC(=O)C1CCN(C(=O)c2csc(-c3ccccc3Cl)n2)CC1. The second-order valence-corrected chi connectivity index (χ2v) is 6.75. The second kappa shape index (κ2) is 6.68. The van der Waals surface area contributed by atoms with Gasteiger partial charge in [0.1, 0.15) is 10.7 Å². The topological polar surface area (TPSA) is 76.3 Å². The fraction of sp³-hybridized carbons (Fsp3) is 0.312. The van der Waals surface area contributed by atoms with Gasteiger partial charge in [-0.25, -0.2) is 4.98 Å². The highest BCUT2D eigenvalue weighted by Crippen LogP contribution is 2.30. The van der Waals surface area contributed by atoms with E-state index in [1.807, 2.05) is 18.2 Å². The number of primary amides is 1. The number of hydrogen-bond acceptors (Lipinski definition) is 4. The van der Waals surface area contributed by atoms with Crippen molar-refractivity contribution in [3.05, 3.63) is 40.4 Å². The highest BCUT2D eigenvalue weighted by Gasteiger charge is 2.27. The summed E-state index contributed by atoms with van der Waals surface area (Å²) in [6.45, 7) is 1.07. The van der Waals surface area contributed by atoms with E-state index in [-0.39, 0.29) is 17.7 Å². The first kappa shape index (κ1) is 16.0. The van der Waals surface area contributed by atoms with Gasteiger partial charge in [0.05, 0.1) is 5.02 Å². The van der Waals surface area contributed by atoms with E-state index in [9.17, 15) is 9.59 Å². The Bertz CT molecular complexity index is 738. The standard InChI is InChI=1S/C16H16ClN3O2S/c17-12-4-2-1-3-11(12)15-19-13(9-23-15)16(22)20-7-5-10(6-8-20)14(18)21/h1-4,9-10H,5-8H2,(H2,18,21). The van der Waals surface area contributed by atoms with Crippen LogP contribution in [0, 0.1) is 5.92 Å². The molecule has 3 rings (SSSR count). The molecule has 2 N–H and O–H groups in total. The van der Waals surface area contributed by atoms with Crippen molar-refractivity contribution in [2.75, 3.05) is 13.1 Å². The number of benzene rings is 1. The van der Waals surface area contributed by atoms with Crippen LogP contribution in [0.3, 0.4) is 0 Å². The van der Waals surface area contributed by atoms with E-state index in [1.54, 1.807) is 16.3 Å². The van der Waals surface area contributed by atoms with E-state index < -0.39 is 0 Å².